The lowest BCUT2D eigenvalue weighted by molar-refractivity contribution is 0.0685. The Balaban J connectivity index is 3.06. The number of carbonyl (C=O) groups is 1. The SMILES string of the molecule is NCC(N)c1cnc(C(=O)O)c(F)c1. The van der Waals surface area contributed by atoms with E-state index in [-0.39, 0.29) is 6.54 Å². The molecule has 6 heteroatoms. The number of carboxylic acids is 1. The second kappa shape index (κ2) is 4.12. The Kier molecular flexibility index (Phi) is 3.10. The summed E-state index contributed by atoms with van der Waals surface area (Å²) in [6, 6.07) is 0.508. The first-order chi connectivity index (χ1) is 6.56. The lowest BCUT2D eigenvalue weighted by atomic mass is 10.1. The number of aromatic carboxylic acids is 1. The standard InChI is InChI=1S/C8H10FN3O2/c9-5-1-4(6(11)2-10)3-12-7(5)8(13)14/h1,3,6H,2,10-11H2,(H,13,14). The van der Waals surface area contributed by atoms with Gasteiger partial charge in [0.1, 0.15) is 0 Å². The summed E-state index contributed by atoms with van der Waals surface area (Å²) in [7, 11) is 0. The fourth-order valence-electron chi connectivity index (χ4n) is 0.949. The van der Waals surface area contributed by atoms with Crippen LogP contribution in [0.1, 0.15) is 22.1 Å². The van der Waals surface area contributed by atoms with Crippen molar-refractivity contribution in [1.29, 1.82) is 0 Å². The predicted octanol–water partition coefficient (Wildman–Crippen LogP) is -0.123. The molecule has 0 amide bonds. The molecular formula is C8H10FN3O2. The van der Waals surface area contributed by atoms with Crippen LogP contribution in [0.4, 0.5) is 4.39 Å². The molecule has 0 spiro atoms. The molecule has 0 radical (unpaired) electrons. The third kappa shape index (κ3) is 2.04. The average molecular weight is 199 g/mol. The molecule has 0 aliphatic carbocycles. The lowest BCUT2D eigenvalue weighted by Gasteiger charge is -2.08. The number of aromatic nitrogens is 1. The smallest absolute Gasteiger partial charge is 0.357 e. The van der Waals surface area contributed by atoms with Gasteiger partial charge in [-0.05, 0) is 11.6 Å². The number of halogens is 1. The molecule has 76 valence electrons. The van der Waals surface area contributed by atoms with Crippen LogP contribution >= 0.6 is 0 Å². The fraction of sp³-hybridized carbons (Fsp3) is 0.250. The molecule has 1 aromatic heterocycles. The van der Waals surface area contributed by atoms with Crippen molar-refractivity contribution in [2.45, 2.75) is 6.04 Å². The monoisotopic (exact) mass is 199 g/mol. The van der Waals surface area contributed by atoms with E-state index in [2.05, 4.69) is 4.98 Å². The Hall–Kier alpha value is -1.53. The van der Waals surface area contributed by atoms with Gasteiger partial charge in [-0.15, -0.1) is 0 Å². The molecule has 0 bridgehead atoms. The van der Waals surface area contributed by atoms with Crippen LogP contribution in [-0.2, 0) is 0 Å². The summed E-state index contributed by atoms with van der Waals surface area (Å²) < 4.78 is 13.1. The maximum Gasteiger partial charge on any atom is 0.357 e. The Labute approximate surface area is 79.5 Å². The number of rotatable bonds is 3. The largest absolute Gasteiger partial charge is 0.476 e. The van der Waals surface area contributed by atoms with Crippen molar-refractivity contribution in [3.63, 3.8) is 0 Å². The number of carboxylic acid groups (broad SMARTS) is 1. The van der Waals surface area contributed by atoms with Gasteiger partial charge in [0.25, 0.3) is 0 Å². The van der Waals surface area contributed by atoms with Gasteiger partial charge in [0.15, 0.2) is 11.5 Å². The van der Waals surface area contributed by atoms with Crippen molar-refractivity contribution in [3.8, 4) is 0 Å². The van der Waals surface area contributed by atoms with Gasteiger partial charge in [0.05, 0.1) is 0 Å². The minimum absolute atomic E-state index is 0.146. The number of nitrogens with zero attached hydrogens (tertiary/aromatic N) is 1. The van der Waals surface area contributed by atoms with E-state index in [1.165, 1.54) is 6.20 Å². The van der Waals surface area contributed by atoms with Gasteiger partial charge in [-0.3, -0.25) is 0 Å². The summed E-state index contributed by atoms with van der Waals surface area (Å²) in [4.78, 5) is 13.9. The fourth-order valence-corrected chi connectivity index (χ4v) is 0.949. The first kappa shape index (κ1) is 10.6. The highest BCUT2D eigenvalue weighted by Crippen LogP contribution is 2.12. The highest BCUT2D eigenvalue weighted by atomic mass is 19.1. The highest BCUT2D eigenvalue weighted by molar-refractivity contribution is 5.85. The summed E-state index contributed by atoms with van der Waals surface area (Å²) in [6.45, 7) is 0.146. The predicted molar refractivity (Wildman–Crippen MR) is 47.1 cm³/mol. The second-order valence-electron chi connectivity index (χ2n) is 2.75. The molecule has 1 heterocycles. The first-order valence-electron chi connectivity index (χ1n) is 3.90. The molecule has 0 saturated heterocycles. The Morgan fingerprint density at radius 2 is 2.36 bits per heavy atom. The minimum Gasteiger partial charge on any atom is -0.476 e. The average Bonchev–Trinajstić information content (AvgIpc) is 2.15. The maximum absolute atomic E-state index is 13.1. The third-order valence-corrected chi connectivity index (χ3v) is 1.75. The summed E-state index contributed by atoms with van der Waals surface area (Å²) in [5.41, 5.74) is 10.5. The van der Waals surface area contributed by atoms with Gasteiger partial charge >= 0.3 is 5.97 Å². The van der Waals surface area contributed by atoms with Crippen LogP contribution < -0.4 is 11.5 Å². The molecule has 1 aromatic rings. The van der Waals surface area contributed by atoms with E-state index in [0.29, 0.717) is 5.56 Å². The molecule has 0 aliphatic heterocycles. The third-order valence-electron chi connectivity index (χ3n) is 1.75. The van der Waals surface area contributed by atoms with Crippen LogP contribution in [0.25, 0.3) is 0 Å². The molecule has 5 nitrogen and oxygen atoms in total. The zero-order valence-electron chi connectivity index (χ0n) is 7.27. The molecular weight excluding hydrogens is 189 g/mol. The lowest BCUT2D eigenvalue weighted by Crippen LogP contribution is -2.21. The van der Waals surface area contributed by atoms with Crippen LogP contribution in [0.3, 0.4) is 0 Å². The van der Waals surface area contributed by atoms with E-state index >= 15 is 0 Å². The van der Waals surface area contributed by atoms with Crippen molar-refractivity contribution in [3.05, 3.63) is 29.3 Å². The van der Waals surface area contributed by atoms with Crippen molar-refractivity contribution >= 4 is 5.97 Å². The van der Waals surface area contributed by atoms with Crippen LogP contribution in [0, 0.1) is 5.82 Å². The minimum atomic E-state index is -1.41. The quantitative estimate of drug-likeness (QED) is 0.629. The van der Waals surface area contributed by atoms with E-state index < -0.39 is 23.5 Å². The molecule has 5 N–H and O–H groups in total. The van der Waals surface area contributed by atoms with Crippen molar-refractivity contribution in [2.24, 2.45) is 11.5 Å². The summed E-state index contributed by atoms with van der Waals surface area (Å²) in [5, 5.41) is 8.49. The molecule has 0 fully saturated rings. The molecule has 1 unspecified atom stereocenters. The Morgan fingerprint density at radius 3 is 2.79 bits per heavy atom. The van der Waals surface area contributed by atoms with Crippen LogP contribution in [0.5, 0.6) is 0 Å². The van der Waals surface area contributed by atoms with Gasteiger partial charge in [-0.1, -0.05) is 0 Å². The number of pyridine rings is 1. The van der Waals surface area contributed by atoms with Gasteiger partial charge in [-0.2, -0.15) is 0 Å². The molecule has 1 rings (SSSR count). The molecule has 14 heavy (non-hydrogen) atoms. The van der Waals surface area contributed by atoms with Gasteiger partial charge in [0.2, 0.25) is 0 Å². The van der Waals surface area contributed by atoms with E-state index in [4.69, 9.17) is 16.6 Å². The van der Waals surface area contributed by atoms with E-state index in [1.54, 1.807) is 0 Å². The van der Waals surface area contributed by atoms with Gasteiger partial charge in [-0.25, -0.2) is 14.2 Å². The second-order valence-corrected chi connectivity index (χ2v) is 2.75. The molecule has 0 aliphatic rings. The summed E-state index contributed by atoms with van der Waals surface area (Å²) in [6.07, 6.45) is 1.21. The Bertz CT molecular complexity index is 356. The molecule has 1 atom stereocenters. The molecule has 0 saturated carbocycles. The maximum atomic E-state index is 13.1. The van der Waals surface area contributed by atoms with Crippen LogP contribution in [0.2, 0.25) is 0 Å². The van der Waals surface area contributed by atoms with Crippen LogP contribution in [-0.4, -0.2) is 22.6 Å². The zero-order chi connectivity index (χ0) is 10.7. The van der Waals surface area contributed by atoms with E-state index in [9.17, 15) is 9.18 Å². The van der Waals surface area contributed by atoms with Crippen molar-refractivity contribution < 1.29 is 14.3 Å². The number of hydrogen-bond donors (Lipinski definition) is 3. The number of nitrogens with two attached hydrogens (primary N) is 2. The number of hydrogen-bond acceptors (Lipinski definition) is 4. The molecule has 0 aromatic carbocycles. The normalized spacial score (nSPS) is 12.5. The first-order valence-corrected chi connectivity index (χ1v) is 3.90. The summed E-state index contributed by atoms with van der Waals surface area (Å²) in [5.74, 6) is -2.31. The zero-order valence-corrected chi connectivity index (χ0v) is 7.27. The Morgan fingerprint density at radius 1 is 1.71 bits per heavy atom. The van der Waals surface area contributed by atoms with E-state index in [1.807, 2.05) is 0 Å². The highest BCUT2D eigenvalue weighted by Gasteiger charge is 2.14. The van der Waals surface area contributed by atoms with Gasteiger partial charge in [0, 0.05) is 18.8 Å². The van der Waals surface area contributed by atoms with E-state index in [0.717, 1.165) is 6.07 Å². The van der Waals surface area contributed by atoms with Crippen molar-refractivity contribution in [1.82, 2.24) is 4.98 Å². The van der Waals surface area contributed by atoms with Crippen LogP contribution in [0.15, 0.2) is 12.3 Å². The topological polar surface area (TPSA) is 102 Å². The van der Waals surface area contributed by atoms with Gasteiger partial charge < -0.3 is 16.6 Å². The summed E-state index contributed by atoms with van der Waals surface area (Å²) >= 11 is 0. The van der Waals surface area contributed by atoms with Crippen molar-refractivity contribution in [2.75, 3.05) is 6.54 Å².